The van der Waals surface area contributed by atoms with E-state index in [0.717, 1.165) is 0 Å². The number of carbonyl (C=O) groups excluding carboxylic acids is 1. The maximum absolute atomic E-state index is 11.4. The van der Waals surface area contributed by atoms with Gasteiger partial charge < -0.3 is 10.8 Å². The minimum absolute atomic E-state index is 0.0140. The molecule has 86 valence electrons. The molecule has 1 rings (SSSR count). The van der Waals surface area contributed by atoms with E-state index in [2.05, 4.69) is 0 Å². The molecule has 0 radical (unpaired) electrons. The minimum Gasteiger partial charge on any atom is -0.478 e. The summed E-state index contributed by atoms with van der Waals surface area (Å²) in [5, 5.41) is 9.10. The van der Waals surface area contributed by atoms with E-state index in [9.17, 15) is 9.59 Å². The van der Waals surface area contributed by atoms with Gasteiger partial charge in [-0.05, 0) is 18.6 Å². The third-order valence-electron chi connectivity index (χ3n) is 2.19. The molecular weight excluding hydrogens is 230 g/mol. The van der Waals surface area contributed by atoms with Crippen molar-refractivity contribution >= 4 is 23.4 Å². The minimum atomic E-state index is -1.14. The molecule has 16 heavy (non-hydrogen) atoms. The molecule has 0 amide bonds. The van der Waals surface area contributed by atoms with Crippen LogP contribution in [0.5, 0.6) is 0 Å². The lowest BCUT2D eigenvalue weighted by Gasteiger charge is -2.08. The van der Waals surface area contributed by atoms with E-state index < -0.39 is 12.0 Å². The van der Waals surface area contributed by atoms with Gasteiger partial charge in [0.15, 0.2) is 5.78 Å². The molecule has 0 aliphatic carbocycles. The lowest BCUT2D eigenvalue weighted by atomic mass is 10.00. The lowest BCUT2D eigenvalue weighted by molar-refractivity contribution is -0.119. The zero-order valence-corrected chi connectivity index (χ0v) is 9.49. The largest absolute Gasteiger partial charge is 0.478 e. The highest BCUT2D eigenvalue weighted by atomic mass is 35.5. The molecule has 0 saturated heterocycles. The smallest absolute Gasteiger partial charge is 0.337 e. The van der Waals surface area contributed by atoms with Gasteiger partial charge in [-0.25, -0.2) is 4.79 Å². The molecule has 0 saturated carbocycles. The number of carbonyl (C=O) groups is 2. The van der Waals surface area contributed by atoms with Crippen molar-refractivity contribution < 1.29 is 14.7 Å². The molecule has 1 atom stereocenters. The second-order valence-electron chi connectivity index (χ2n) is 3.51. The van der Waals surface area contributed by atoms with Crippen LogP contribution in [0.4, 0.5) is 0 Å². The Labute approximate surface area is 98.0 Å². The maximum Gasteiger partial charge on any atom is 0.337 e. The number of halogens is 1. The monoisotopic (exact) mass is 241 g/mol. The number of carboxylic acids is 1. The van der Waals surface area contributed by atoms with Crippen molar-refractivity contribution in [2.45, 2.75) is 19.4 Å². The van der Waals surface area contributed by atoms with Crippen molar-refractivity contribution in [2.24, 2.45) is 5.73 Å². The topological polar surface area (TPSA) is 80.4 Å². The predicted molar refractivity (Wildman–Crippen MR) is 60.8 cm³/mol. The number of benzene rings is 1. The highest BCUT2D eigenvalue weighted by Crippen LogP contribution is 2.20. The first kappa shape index (κ1) is 12.7. The second kappa shape index (κ2) is 5.09. The van der Waals surface area contributed by atoms with Gasteiger partial charge in [-0.1, -0.05) is 23.7 Å². The van der Waals surface area contributed by atoms with E-state index >= 15 is 0 Å². The van der Waals surface area contributed by atoms with Crippen molar-refractivity contribution in [1.82, 2.24) is 0 Å². The molecule has 0 heterocycles. The zero-order valence-electron chi connectivity index (χ0n) is 8.74. The fraction of sp³-hybridized carbons (Fsp3) is 0.273. The summed E-state index contributed by atoms with van der Waals surface area (Å²) in [7, 11) is 0. The second-order valence-corrected chi connectivity index (χ2v) is 3.92. The van der Waals surface area contributed by atoms with Crippen LogP contribution in [-0.4, -0.2) is 22.9 Å². The molecule has 0 bridgehead atoms. The van der Waals surface area contributed by atoms with Crippen LogP contribution in [0.3, 0.4) is 0 Å². The summed E-state index contributed by atoms with van der Waals surface area (Å²) in [6, 6.07) is 4.04. The van der Waals surface area contributed by atoms with Crippen LogP contribution in [0.15, 0.2) is 18.2 Å². The van der Waals surface area contributed by atoms with Crippen molar-refractivity contribution in [3.05, 3.63) is 34.3 Å². The van der Waals surface area contributed by atoms with Crippen molar-refractivity contribution in [1.29, 1.82) is 0 Å². The molecule has 0 spiro atoms. The van der Waals surface area contributed by atoms with Crippen LogP contribution < -0.4 is 5.73 Å². The highest BCUT2D eigenvalue weighted by Gasteiger charge is 2.17. The lowest BCUT2D eigenvalue weighted by Crippen LogP contribution is -2.28. The van der Waals surface area contributed by atoms with Gasteiger partial charge in [-0.3, -0.25) is 4.79 Å². The van der Waals surface area contributed by atoms with Gasteiger partial charge in [0.25, 0.3) is 0 Å². The van der Waals surface area contributed by atoms with Crippen LogP contribution in [-0.2, 0) is 11.2 Å². The number of Topliss-reactive ketones (excluding diaryl/α,β-unsaturated/α-hetero) is 1. The van der Waals surface area contributed by atoms with Crippen molar-refractivity contribution in [2.75, 3.05) is 0 Å². The van der Waals surface area contributed by atoms with Gasteiger partial charge >= 0.3 is 5.97 Å². The van der Waals surface area contributed by atoms with E-state index in [4.69, 9.17) is 22.4 Å². The third kappa shape index (κ3) is 2.81. The summed E-state index contributed by atoms with van der Waals surface area (Å²) in [5.74, 6) is -1.36. The molecule has 1 aromatic carbocycles. The Bertz CT molecular complexity index is 429. The third-order valence-corrected chi connectivity index (χ3v) is 2.50. The Kier molecular flexibility index (Phi) is 4.04. The SMILES string of the molecule is C[C@H](N)C(=O)Cc1cccc(Cl)c1C(=O)O. The van der Waals surface area contributed by atoms with E-state index in [0.29, 0.717) is 5.56 Å². The summed E-state index contributed by atoms with van der Waals surface area (Å²) < 4.78 is 0. The Morgan fingerprint density at radius 3 is 2.62 bits per heavy atom. The van der Waals surface area contributed by atoms with Crippen LogP contribution in [0.1, 0.15) is 22.8 Å². The van der Waals surface area contributed by atoms with Gasteiger partial charge in [0.05, 0.1) is 16.6 Å². The normalized spacial score (nSPS) is 12.2. The molecular formula is C11H12ClNO3. The summed E-state index contributed by atoms with van der Waals surface area (Å²) in [4.78, 5) is 22.4. The fourth-order valence-electron chi connectivity index (χ4n) is 1.30. The van der Waals surface area contributed by atoms with Crippen LogP contribution in [0, 0.1) is 0 Å². The average molecular weight is 242 g/mol. The Morgan fingerprint density at radius 2 is 2.12 bits per heavy atom. The van der Waals surface area contributed by atoms with Gasteiger partial charge in [0, 0.05) is 6.42 Å². The first-order valence-corrected chi connectivity index (χ1v) is 5.10. The molecule has 0 fully saturated rings. The predicted octanol–water partition coefficient (Wildman–Crippen LogP) is 1.50. The molecule has 0 unspecified atom stereocenters. The first-order valence-electron chi connectivity index (χ1n) is 4.72. The fourth-order valence-corrected chi connectivity index (χ4v) is 1.58. The molecule has 0 aromatic heterocycles. The van der Waals surface area contributed by atoms with E-state index in [-0.39, 0.29) is 22.8 Å². The van der Waals surface area contributed by atoms with E-state index in [1.54, 1.807) is 19.1 Å². The zero-order chi connectivity index (χ0) is 12.3. The summed E-state index contributed by atoms with van der Waals surface area (Å²) in [6.45, 7) is 1.56. The number of hydrogen-bond donors (Lipinski definition) is 2. The van der Waals surface area contributed by atoms with Crippen LogP contribution in [0.2, 0.25) is 5.02 Å². The molecule has 4 nitrogen and oxygen atoms in total. The standard InChI is InChI=1S/C11H12ClNO3/c1-6(13)9(14)5-7-3-2-4-8(12)10(7)11(15)16/h2-4,6H,5,13H2,1H3,(H,15,16)/t6-/m0/s1. The van der Waals surface area contributed by atoms with Crippen molar-refractivity contribution in [3.8, 4) is 0 Å². The number of hydrogen-bond acceptors (Lipinski definition) is 3. The average Bonchev–Trinajstić information content (AvgIpc) is 2.16. The molecule has 0 aliphatic rings. The molecule has 3 N–H and O–H groups in total. The van der Waals surface area contributed by atoms with Crippen LogP contribution in [0.25, 0.3) is 0 Å². The highest BCUT2D eigenvalue weighted by molar-refractivity contribution is 6.33. The summed E-state index contributed by atoms with van der Waals surface area (Å²) in [6.07, 6.45) is -0.0140. The Morgan fingerprint density at radius 1 is 1.50 bits per heavy atom. The van der Waals surface area contributed by atoms with Gasteiger partial charge in [0.1, 0.15) is 0 Å². The number of ketones is 1. The molecule has 0 aliphatic heterocycles. The molecule has 5 heteroatoms. The Balaban J connectivity index is 3.09. The number of aromatic carboxylic acids is 1. The maximum atomic E-state index is 11.4. The van der Waals surface area contributed by atoms with Gasteiger partial charge in [-0.15, -0.1) is 0 Å². The van der Waals surface area contributed by atoms with Gasteiger partial charge in [-0.2, -0.15) is 0 Å². The first-order chi connectivity index (χ1) is 7.43. The van der Waals surface area contributed by atoms with Crippen LogP contribution >= 0.6 is 11.6 Å². The Hall–Kier alpha value is -1.39. The number of rotatable bonds is 4. The van der Waals surface area contributed by atoms with E-state index in [1.165, 1.54) is 6.07 Å². The van der Waals surface area contributed by atoms with E-state index in [1.807, 2.05) is 0 Å². The number of nitrogens with two attached hydrogens (primary N) is 1. The molecule has 1 aromatic rings. The summed E-state index contributed by atoms with van der Waals surface area (Å²) in [5.41, 5.74) is 5.78. The number of carboxylic acid groups (broad SMARTS) is 1. The quantitative estimate of drug-likeness (QED) is 0.837. The van der Waals surface area contributed by atoms with Crippen molar-refractivity contribution in [3.63, 3.8) is 0 Å². The summed E-state index contributed by atoms with van der Waals surface area (Å²) >= 11 is 5.76. The van der Waals surface area contributed by atoms with Gasteiger partial charge in [0.2, 0.25) is 0 Å².